The number of carbonyl (C=O) groups is 1. The number of carbonyl (C=O) groups excluding carboxylic acids is 1. The lowest BCUT2D eigenvalue weighted by Gasteiger charge is -2.10. The molecule has 0 aliphatic carbocycles. The molecule has 0 saturated heterocycles. The third-order valence-electron chi connectivity index (χ3n) is 2.79. The first-order valence-corrected chi connectivity index (χ1v) is 6.78. The van der Waals surface area contributed by atoms with Gasteiger partial charge in [0.15, 0.2) is 0 Å². The van der Waals surface area contributed by atoms with Gasteiger partial charge in [0.2, 0.25) is 0 Å². The van der Waals surface area contributed by atoms with Crippen molar-refractivity contribution in [3.8, 4) is 11.5 Å². The van der Waals surface area contributed by atoms with E-state index in [0.717, 1.165) is 0 Å². The minimum atomic E-state index is -0.323. The predicted molar refractivity (Wildman–Crippen MR) is 84.0 cm³/mol. The van der Waals surface area contributed by atoms with Crippen LogP contribution in [0.15, 0.2) is 36.4 Å². The lowest BCUT2D eigenvalue weighted by molar-refractivity contribution is 0.102. The van der Waals surface area contributed by atoms with Gasteiger partial charge in [0, 0.05) is 16.7 Å². The second-order valence-electron chi connectivity index (χ2n) is 4.18. The molecule has 0 saturated carbocycles. The number of hydrogen-bond acceptors (Lipinski definition) is 3. The molecule has 110 valence electrons. The first-order chi connectivity index (χ1) is 10.0. The molecule has 6 heteroatoms. The lowest BCUT2D eigenvalue weighted by atomic mass is 10.2. The highest BCUT2D eigenvalue weighted by Gasteiger charge is 2.12. The fourth-order valence-electron chi connectivity index (χ4n) is 1.72. The molecule has 0 aliphatic rings. The maximum absolute atomic E-state index is 12.3. The summed E-state index contributed by atoms with van der Waals surface area (Å²) in [6, 6.07) is 9.76. The fourth-order valence-corrected chi connectivity index (χ4v) is 2.18. The lowest BCUT2D eigenvalue weighted by Crippen LogP contribution is -2.12. The molecule has 1 N–H and O–H groups in total. The summed E-state index contributed by atoms with van der Waals surface area (Å²) in [5.74, 6) is 0.736. The number of halogens is 2. The summed E-state index contributed by atoms with van der Waals surface area (Å²) in [6.45, 7) is 0. The van der Waals surface area contributed by atoms with E-state index in [1.165, 1.54) is 14.2 Å². The minimum absolute atomic E-state index is 0.323. The molecule has 0 spiro atoms. The van der Waals surface area contributed by atoms with Crippen LogP contribution in [0.1, 0.15) is 10.4 Å². The molecule has 0 aliphatic heterocycles. The summed E-state index contributed by atoms with van der Waals surface area (Å²) < 4.78 is 10.3. The van der Waals surface area contributed by atoms with Crippen molar-refractivity contribution in [1.82, 2.24) is 0 Å². The zero-order valence-electron chi connectivity index (χ0n) is 11.4. The molecule has 0 bridgehead atoms. The average molecular weight is 326 g/mol. The molecule has 0 heterocycles. The molecule has 0 unspecified atom stereocenters. The predicted octanol–water partition coefficient (Wildman–Crippen LogP) is 4.26. The second-order valence-corrected chi connectivity index (χ2v) is 5.02. The summed E-state index contributed by atoms with van der Waals surface area (Å²) in [5, 5.41) is 3.58. The molecule has 4 nitrogen and oxygen atoms in total. The number of rotatable bonds is 4. The van der Waals surface area contributed by atoms with Crippen molar-refractivity contribution in [2.75, 3.05) is 19.5 Å². The second kappa shape index (κ2) is 6.70. The van der Waals surface area contributed by atoms with Crippen molar-refractivity contribution in [2.45, 2.75) is 0 Å². The largest absolute Gasteiger partial charge is 0.497 e. The van der Waals surface area contributed by atoms with Gasteiger partial charge in [-0.3, -0.25) is 4.79 Å². The summed E-state index contributed by atoms with van der Waals surface area (Å²) >= 11 is 11.8. The molecule has 2 aromatic rings. The van der Waals surface area contributed by atoms with Crippen LogP contribution < -0.4 is 14.8 Å². The van der Waals surface area contributed by atoms with Crippen LogP contribution in [0, 0.1) is 0 Å². The van der Waals surface area contributed by atoms with E-state index in [0.29, 0.717) is 32.8 Å². The van der Waals surface area contributed by atoms with Crippen molar-refractivity contribution in [3.05, 3.63) is 52.0 Å². The molecule has 21 heavy (non-hydrogen) atoms. The van der Waals surface area contributed by atoms with Gasteiger partial charge in [0.1, 0.15) is 11.5 Å². The van der Waals surface area contributed by atoms with Crippen LogP contribution in [-0.2, 0) is 0 Å². The zero-order valence-corrected chi connectivity index (χ0v) is 13.0. The van der Waals surface area contributed by atoms with E-state index in [1.807, 2.05) is 0 Å². The maximum Gasteiger partial charge on any atom is 0.255 e. The molecule has 0 atom stereocenters. The highest BCUT2D eigenvalue weighted by molar-refractivity contribution is 6.36. The first kappa shape index (κ1) is 15.5. The van der Waals surface area contributed by atoms with Crippen LogP contribution in [0.5, 0.6) is 11.5 Å². The summed E-state index contributed by atoms with van der Waals surface area (Å²) in [4.78, 5) is 12.3. The van der Waals surface area contributed by atoms with E-state index < -0.39 is 0 Å². The van der Waals surface area contributed by atoms with Gasteiger partial charge in [0.05, 0.1) is 24.9 Å². The van der Waals surface area contributed by atoms with Crippen molar-refractivity contribution < 1.29 is 14.3 Å². The SMILES string of the molecule is COc1cc(OC)cc(C(=O)Nc2ccc(Cl)cc2Cl)c1. The topological polar surface area (TPSA) is 47.6 Å². The van der Waals surface area contributed by atoms with Crippen LogP contribution in [0.2, 0.25) is 10.0 Å². The number of anilines is 1. The van der Waals surface area contributed by atoms with E-state index in [2.05, 4.69) is 5.32 Å². The van der Waals surface area contributed by atoms with Crippen LogP contribution in [-0.4, -0.2) is 20.1 Å². The Morgan fingerprint density at radius 2 is 1.62 bits per heavy atom. The van der Waals surface area contributed by atoms with Crippen molar-refractivity contribution >= 4 is 34.8 Å². The van der Waals surface area contributed by atoms with Gasteiger partial charge in [-0.05, 0) is 30.3 Å². The molecule has 2 aromatic carbocycles. The van der Waals surface area contributed by atoms with Gasteiger partial charge >= 0.3 is 0 Å². The third kappa shape index (κ3) is 3.80. The monoisotopic (exact) mass is 325 g/mol. The van der Waals surface area contributed by atoms with Crippen molar-refractivity contribution in [1.29, 1.82) is 0 Å². The molecule has 0 aromatic heterocycles. The van der Waals surface area contributed by atoms with Crippen LogP contribution in [0.25, 0.3) is 0 Å². The van der Waals surface area contributed by atoms with E-state index in [1.54, 1.807) is 36.4 Å². The van der Waals surface area contributed by atoms with Crippen LogP contribution in [0.3, 0.4) is 0 Å². The highest BCUT2D eigenvalue weighted by atomic mass is 35.5. The number of benzene rings is 2. The fraction of sp³-hybridized carbons (Fsp3) is 0.133. The molecule has 2 rings (SSSR count). The van der Waals surface area contributed by atoms with Gasteiger partial charge in [-0.25, -0.2) is 0 Å². The Kier molecular flexibility index (Phi) is 4.94. The molecule has 0 radical (unpaired) electrons. The minimum Gasteiger partial charge on any atom is -0.497 e. The number of ether oxygens (including phenoxy) is 2. The van der Waals surface area contributed by atoms with Crippen molar-refractivity contribution in [2.24, 2.45) is 0 Å². The third-order valence-corrected chi connectivity index (χ3v) is 3.34. The van der Waals surface area contributed by atoms with Gasteiger partial charge in [-0.15, -0.1) is 0 Å². The number of hydrogen-bond donors (Lipinski definition) is 1. The number of methoxy groups -OCH3 is 2. The van der Waals surface area contributed by atoms with Gasteiger partial charge in [-0.1, -0.05) is 23.2 Å². The van der Waals surface area contributed by atoms with E-state index in [-0.39, 0.29) is 5.91 Å². The van der Waals surface area contributed by atoms with E-state index >= 15 is 0 Å². The molecular weight excluding hydrogens is 313 g/mol. The summed E-state index contributed by atoms with van der Waals surface area (Å²) in [7, 11) is 3.04. The number of amides is 1. The normalized spacial score (nSPS) is 10.1. The highest BCUT2D eigenvalue weighted by Crippen LogP contribution is 2.27. The standard InChI is InChI=1S/C15H13Cl2NO3/c1-20-11-5-9(6-12(8-11)21-2)15(19)18-14-4-3-10(16)7-13(14)17/h3-8H,1-2H3,(H,18,19). The Morgan fingerprint density at radius 3 is 2.14 bits per heavy atom. The van der Waals surface area contributed by atoms with Crippen molar-refractivity contribution in [3.63, 3.8) is 0 Å². The van der Waals surface area contributed by atoms with Gasteiger partial charge < -0.3 is 14.8 Å². The van der Waals surface area contributed by atoms with E-state index in [9.17, 15) is 4.79 Å². The first-order valence-electron chi connectivity index (χ1n) is 6.03. The van der Waals surface area contributed by atoms with Crippen LogP contribution >= 0.6 is 23.2 Å². The molecule has 1 amide bonds. The maximum atomic E-state index is 12.3. The Balaban J connectivity index is 2.27. The Labute approximate surface area is 132 Å². The smallest absolute Gasteiger partial charge is 0.255 e. The number of nitrogens with one attached hydrogen (secondary N) is 1. The summed E-state index contributed by atoms with van der Waals surface area (Å²) in [5.41, 5.74) is 0.880. The zero-order chi connectivity index (χ0) is 15.4. The summed E-state index contributed by atoms with van der Waals surface area (Å²) in [6.07, 6.45) is 0. The quantitative estimate of drug-likeness (QED) is 0.913. The average Bonchev–Trinajstić information content (AvgIpc) is 2.49. The van der Waals surface area contributed by atoms with Gasteiger partial charge in [0.25, 0.3) is 5.91 Å². The Hall–Kier alpha value is -1.91. The van der Waals surface area contributed by atoms with Gasteiger partial charge in [-0.2, -0.15) is 0 Å². The molecular formula is C15H13Cl2NO3. The Morgan fingerprint density at radius 1 is 1.00 bits per heavy atom. The van der Waals surface area contributed by atoms with E-state index in [4.69, 9.17) is 32.7 Å². The van der Waals surface area contributed by atoms with Crippen LogP contribution in [0.4, 0.5) is 5.69 Å². The molecule has 0 fully saturated rings. The Bertz CT molecular complexity index is 652.